The maximum absolute atomic E-state index is 1.64. The zero-order valence-electron chi connectivity index (χ0n) is 10.5. The molecule has 0 heteroatoms. The number of fused-ring (bicyclic) bond motifs is 3. The lowest BCUT2D eigenvalue weighted by Gasteiger charge is -2.38. The third kappa shape index (κ3) is 1.48. The van der Waals surface area contributed by atoms with Crippen LogP contribution in [0.5, 0.6) is 0 Å². The van der Waals surface area contributed by atoms with Crippen molar-refractivity contribution in [3.63, 3.8) is 0 Å². The molecule has 4 saturated carbocycles. The molecule has 0 nitrogen and oxygen atoms in total. The predicted molar refractivity (Wildman–Crippen MR) is 67.1 cm³/mol. The molecule has 0 radical (unpaired) electrons. The summed E-state index contributed by atoms with van der Waals surface area (Å²) in [6, 6.07) is 0. The lowest BCUT2D eigenvalue weighted by atomic mass is 9.67. The first-order chi connectivity index (χ1) is 7.90. The van der Waals surface area contributed by atoms with Gasteiger partial charge in [0.2, 0.25) is 0 Å². The molecule has 0 saturated heterocycles. The normalized spacial score (nSPS) is 55.5. The molecule has 4 fully saturated rings. The van der Waals surface area contributed by atoms with Crippen LogP contribution in [0.4, 0.5) is 0 Å². The van der Waals surface area contributed by atoms with E-state index in [4.69, 9.17) is 0 Å². The molecule has 6 atom stereocenters. The maximum Gasteiger partial charge on any atom is -0.0355 e. The molecule has 90 valence electrons. The minimum atomic E-state index is 1.16. The zero-order chi connectivity index (χ0) is 10.5. The molecular formula is C16H26. The van der Waals surface area contributed by atoms with Crippen LogP contribution in [0.2, 0.25) is 0 Å². The summed E-state index contributed by atoms with van der Waals surface area (Å²) >= 11 is 0. The fourth-order valence-electron chi connectivity index (χ4n) is 6.00. The van der Waals surface area contributed by atoms with Crippen LogP contribution in [0.1, 0.15) is 64.2 Å². The summed E-state index contributed by atoms with van der Waals surface area (Å²) in [6.07, 6.45) is 16.0. The topological polar surface area (TPSA) is 0 Å². The number of hydrogen-bond donors (Lipinski definition) is 0. The van der Waals surface area contributed by atoms with Crippen molar-refractivity contribution in [1.82, 2.24) is 0 Å². The highest BCUT2D eigenvalue weighted by molar-refractivity contribution is 4.96. The average Bonchev–Trinajstić information content (AvgIpc) is 3.03. The first-order valence-electron chi connectivity index (χ1n) is 7.90. The van der Waals surface area contributed by atoms with Crippen LogP contribution in [0.15, 0.2) is 0 Å². The van der Waals surface area contributed by atoms with Gasteiger partial charge < -0.3 is 0 Å². The van der Waals surface area contributed by atoms with E-state index in [-0.39, 0.29) is 0 Å². The SMILES string of the molecule is C1CC2CCC(C3CC4CCC3C4)CC2C1. The van der Waals surface area contributed by atoms with Gasteiger partial charge in [0.1, 0.15) is 0 Å². The van der Waals surface area contributed by atoms with Gasteiger partial charge in [-0.1, -0.05) is 25.7 Å². The van der Waals surface area contributed by atoms with E-state index < -0.39 is 0 Å². The number of rotatable bonds is 1. The summed E-state index contributed by atoms with van der Waals surface area (Å²) in [5, 5.41) is 0. The van der Waals surface area contributed by atoms with Gasteiger partial charge in [-0.25, -0.2) is 0 Å². The van der Waals surface area contributed by atoms with Crippen molar-refractivity contribution in [3.8, 4) is 0 Å². The summed E-state index contributed by atoms with van der Waals surface area (Å²) in [6.45, 7) is 0. The Morgan fingerprint density at radius 3 is 2.06 bits per heavy atom. The molecule has 4 aliphatic carbocycles. The third-order valence-corrected chi connectivity index (χ3v) is 6.73. The minimum Gasteiger partial charge on any atom is -0.0528 e. The van der Waals surface area contributed by atoms with Gasteiger partial charge in [-0.2, -0.15) is 0 Å². The monoisotopic (exact) mass is 218 g/mol. The maximum atomic E-state index is 1.64. The van der Waals surface area contributed by atoms with Crippen molar-refractivity contribution in [2.45, 2.75) is 64.2 Å². The Morgan fingerprint density at radius 1 is 0.500 bits per heavy atom. The van der Waals surface area contributed by atoms with Gasteiger partial charge in [0.25, 0.3) is 0 Å². The van der Waals surface area contributed by atoms with E-state index in [1.165, 1.54) is 11.8 Å². The molecule has 0 heterocycles. The van der Waals surface area contributed by atoms with E-state index in [9.17, 15) is 0 Å². The Balaban J connectivity index is 1.45. The molecule has 0 aliphatic heterocycles. The Bertz CT molecular complexity index is 269. The van der Waals surface area contributed by atoms with Gasteiger partial charge >= 0.3 is 0 Å². The van der Waals surface area contributed by atoms with Gasteiger partial charge in [0, 0.05) is 0 Å². The molecular weight excluding hydrogens is 192 g/mol. The van der Waals surface area contributed by atoms with E-state index in [0.717, 1.165) is 23.7 Å². The Hall–Kier alpha value is 0. The minimum absolute atomic E-state index is 1.16. The molecule has 0 aromatic rings. The fourth-order valence-corrected chi connectivity index (χ4v) is 6.00. The standard InChI is InChI=1S/C16H26/c1-2-12-6-7-15(10-13(12)3-1)16-9-11-4-5-14(16)8-11/h11-16H,1-10H2. The summed E-state index contributed by atoms with van der Waals surface area (Å²) in [7, 11) is 0. The van der Waals surface area contributed by atoms with Crippen molar-refractivity contribution < 1.29 is 0 Å². The largest absolute Gasteiger partial charge is 0.0528 e. The van der Waals surface area contributed by atoms with Gasteiger partial charge in [-0.3, -0.25) is 0 Å². The third-order valence-electron chi connectivity index (χ3n) is 6.73. The van der Waals surface area contributed by atoms with E-state index in [1.54, 1.807) is 64.2 Å². The lowest BCUT2D eigenvalue weighted by molar-refractivity contribution is 0.121. The Labute approximate surface area is 100 Å². The Morgan fingerprint density at radius 2 is 1.25 bits per heavy atom. The van der Waals surface area contributed by atoms with Crippen LogP contribution >= 0.6 is 0 Å². The summed E-state index contributed by atoms with van der Waals surface area (Å²) in [5.74, 6) is 7.01. The zero-order valence-corrected chi connectivity index (χ0v) is 10.5. The molecule has 0 aromatic heterocycles. The molecule has 0 spiro atoms. The Kier molecular flexibility index (Phi) is 2.34. The molecule has 4 rings (SSSR count). The first-order valence-corrected chi connectivity index (χ1v) is 7.90. The molecule has 6 unspecified atom stereocenters. The smallest absolute Gasteiger partial charge is 0.0355 e. The first kappa shape index (κ1) is 9.97. The highest BCUT2D eigenvalue weighted by atomic mass is 14.5. The average molecular weight is 218 g/mol. The molecule has 4 aliphatic rings. The predicted octanol–water partition coefficient (Wildman–Crippen LogP) is 4.64. The van der Waals surface area contributed by atoms with E-state index in [2.05, 4.69) is 0 Å². The summed E-state index contributed by atoms with van der Waals surface area (Å²) in [4.78, 5) is 0. The van der Waals surface area contributed by atoms with Crippen LogP contribution in [-0.4, -0.2) is 0 Å². The molecule has 0 N–H and O–H groups in total. The quantitative estimate of drug-likeness (QED) is 0.601. The summed E-state index contributed by atoms with van der Waals surface area (Å²) in [5.41, 5.74) is 0. The van der Waals surface area contributed by atoms with E-state index >= 15 is 0 Å². The van der Waals surface area contributed by atoms with E-state index in [1.807, 2.05) is 0 Å². The van der Waals surface area contributed by atoms with Gasteiger partial charge in [-0.05, 0) is 74.0 Å². The second kappa shape index (κ2) is 3.75. The molecule has 2 bridgehead atoms. The van der Waals surface area contributed by atoms with Crippen LogP contribution in [0.25, 0.3) is 0 Å². The second-order valence-electron chi connectivity index (χ2n) is 7.36. The van der Waals surface area contributed by atoms with Crippen molar-refractivity contribution in [2.75, 3.05) is 0 Å². The highest BCUT2D eigenvalue weighted by Gasteiger charge is 2.45. The summed E-state index contributed by atoms with van der Waals surface area (Å²) < 4.78 is 0. The number of hydrogen-bond acceptors (Lipinski definition) is 0. The fraction of sp³-hybridized carbons (Fsp3) is 1.00. The van der Waals surface area contributed by atoms with Crippen LogP contribution < -0.4 is 0 Å². The highest BCUT2D eigenvalue weighted by Crippen LogP contribution is 2.56. The lowest BCUT2D eigenvalue weighted by Crippen LogP contribution is -2.29. The van der Waals surface area contributed by atoms with Crippen molar-refractivity contribution in [2.24, 2.45) is 35.5 Å². The van der Waals surface area contributed by atoms with Gasteiger partial charge in [0.15, 0.2) is 0 Å². The van der Waals surface area contributed by atoms with Crippen LogP contribution in [-0.2, 0) is 0 Å². The molecule has 16 heavy (non-hydrogen) atoms. The van der Waals surface area contributed by atoms with Crippen LogP contribution in [0, 0.1) is 35.5 Å². The van der Waals surface area contributed by atoms with Crippen LogP contribution in [0.3, 0.4) is 0 Å². The van der Waals surface area contributed by atoms with Gasteiger partial charge in [-0.15, -0.1) is 0 Å². The second-order valence-corrected chi connectivity index (χ2v) is 7.36. The molecule has 0 amide bonds. The molecule has 0 aromatic carbocycles. The van der Waals surface area contributed by atoms with Crippen molar-refractivity contribution >= 4 is 0 Å². The van der Waals surface area contributed by atoms with Gasteiger partial charge in [0.05, 0.1) is 0 Å². The van der Waals surface area contributed by atoms with Crippen molar-refractivity contribution in [3.05, 3.63) is 0 Å². The van der Waals surface area contributed by atoms with E-state index in [0.29, 0.717) is 0 Å². The van der Waals surface area contributed by atoms with Crippen molar-refractivity contribution in [1.29, 1.82) is 0 Å².